The summed E-state index contributed by atoms with van der Waals surface area (Å²) in [6.07, 6.45) is 8.20. The first-order valence-electron chi connectivity index (χ1n) is 12.3. The van der Waals surface area contributed by atoms with Crippen LogP contribution in [0.15, 0.2) is 55.0 Å². The maximum Gasteiger partial charge on any atom is 0.231 e. The van der Waals surface area contributed by atoms with Crippen LogP contribution in [0.2, 0.25) is 0 Å². The van der Waals surface area contributed by atoms with E-state index in [1.54, 1.807) is 0 Å². The SMILES string of the molecule is Cn1cc2cc(-c3cnc(NC4CC5CN(Cc6ccc7c(c6)OCO7)C[C@H]5C4)nc3)ccc2n1. The summed E-state index contributed by atoms with van der Waals surface area (Å²) in [5, 5.41) is 9.16. The summed E-state index contributed by atoms with van der Waals surface area (Å²) >= 11 is 0. The van der Waals surface area contributed by atoms with Crippen LogP contribution in [-0.4, -0.2) is 50.6 Å². The number of nitrogens with zero attached hydrogens (tertiary/aromatic N) is 5. The molecule has 2 aromatic carbocycles. The maximum absolute atomic E-state index is 5.53. The molecule has 0 bridgehead atoms. The molecule has 0 radical (unpaired) electrons. The van der Waals surface area contributed by atoms with Gasteiger partial charge in [0, 0.05) is 62.3 Å². The van der Waals surface area contributed by atoms with Crippen LogP contribution in [0.3, 0.4) is 0 Å². The van der Waals surface area contributed by atoms with E-state index in [2.05, 4.69) is 49.5 Å². The molecule has 2 aromatic heterocycles. The summed E-state index contributed by atoms with van der Waals surface area (Å²) in [5.41, 5.74) is 4.41. The van der Waals surface area contributed by atoms with E-state index >= 15 is 0 Å². The second-order valence-electron chi connectivity index (χ2n) is 10.1. The lowest BCUT2D eigenvalue weighted by molar-refractivity contribution is 0.174. The molecule has 1 N–H and O–H groups in total. The van der Waals surface area contributed by atoms with E-state index in [0.29, 0.717) is 12.8 Å². The molecule has 4 heterocycles. The topological polar surface area (TPSA) is 77.3 Å². The van der Waals surface area contributed by atoms with E-state index in [4.69, 9.17) is 9.47 Å². The zero-order valence-electron chi connectivity index (χ0n) is 19.7. The highest BCUT2D eigenvalue weighted by atomic mass is 16.7. The number of hydrogen-bond acceptors (Lipinski definition) is 7. The van der Waals surface area contributed by atoms with Crippen LogP contribution >= 0.6 is 0 Å². The van der Waals surface area contributed by atoms with Gasteiger partial charge in [-0.3, -0.25) is 9.58 Å². The molecule has 2 fully saturated rings. The van der Waals surface area contributed by atoms with Crippen molar-refractivity contribution in [3.63, 3.8) is 0 Å². The minimum absolute atomic E-state index is 0.328. The van der Waals surface area contributed by atoms with E-state index in [0.717, 1.165) is 70.9 Å². The molecule has 3 aliphatic rings. The number of hydrogen-bond donors (Lipinski definition) is 1. The Kier molecular flexibility index (Phi) is 4.87. The van der Waals surface area contributed by atoms with Crippen molar-refractivity contribution in [1.29, 1.82) is 0 Å². The van der Waals surface area contributed by atoms with Crippen LogP contribution in [0.4, 0.5) is 5.95 Å². The zero-order valence-corrected chi connectivity index (χ0v) is 19.7. The van der Waals surface area contributed by atoms with E-state index in [9.17, 15) is 0 Å². The minimum Gasteiger partial charge on any atom is -0.454 e. The molecule has 35 heavy (non-hydrogen) atoms. The van der Waals surface area contributed by atoms with E-state index in [1.165, 1.54) is 18.4 Å². The number of likely N-dealkylation sites (tertiary alicyclic amines) is 1. The second-order valence-corrected chi connectivity index (χ2v) is 10.1. The number of rotatable bonds is 5. The number of nitrogens with one attached hydrogen (secondary N) is 1. The van der Waals surface area contributed by atoms with Gasteiger partial charge < -0.3 is 14.8 Å². The van der Waals surface area contributed by atoms with Gasteiger partial charge in [-0.1, -0.05) is 12.1 Å². The first kappa shape index (κ1) is 20.7. The summed E-state index contributed by atoms with van der Waals surface area (Å²) < 4.78 is 12.8. The van der Waals surface area contributed by atoms with Gasteiger partial charge in [0.2, 0.25) is 12.7 Å². The fourth-order valence-electron chi connectivity index (χ4n) is 6.00. The third kappa shape index (κ3) is 3.97. The average molecular weight is 469 g/mol. The molecular weight excluding hydrogens is 440 g/mol. The normalized spacial score (nSPS) is 23.2. The lowest BCUT2D eigenvalue weighted by Crippen LogP contribution is -2.25. The van der Waals surface area contributed by atoms with Gasteiger partial charge in [-0.15, -0.1) is 0 Å². The summed E-state index contributed by atoms with van der Waals surface area (Å²) in [6, 6.07) is 13.0. The predicted molar refractivity (Wildman–Crippen MR) is 133 cm³/mol. The van der Waals surface area contributed by atoms with Gasteiger partial charge in [-0.25, -0.2) is 9.97 Å². The molecule has 2 unspecified atom stereocenters. The van der Waals surface area contributed by atoms with E-state index in [-0.39, 0.29) is 0 Å². The fraction of sp³-hybridized carbons (Fsp3) is 0.370. The molecule has 8 nitrogen and oxygen atoms in total. The van der Waals surface area contributed by atoms with Crippen molar-refractivity contribution in [2.75, 3.05) is 25.2 Å². The van der Waals surface area contributed by atoms with Crippen LogP contribution in [-0.2, 0) is 13.6 Å². The lowest BCUT2D eigenvalue weighted by Gasteiger charge is -2.20. The fourth-order valence-corrected chi connectivity index (χ4v) is 6.00. The van der Waals surface area contributed by atoms with Gasteiger partial charge in [0.1, 0.15) is 0 Å². The maximum atomic E-state index is 5.53. The second kappa shape index (κ2) is 8.23. The summed E-state index contributed by atoms with van der Waals surface area (Å²) in [6.45, 7) is 3.59. The van der Waals surface area contributed by atoms with Crippen molar-refractivity contribution in [2.24, 2.45) is 18.9 Å². The van der Waals surface area contributed by atoms with Crippen LogP contribution in [0.25, 0.3) is 22.0 Å². The zero-order chi connectivity index (χ0) is 23.4. The monoisotopic (exact) mass is 468 g/mol. The molecule has 1 saturated carbocycles. The van der Waals surface area contributed by atoms with Crippen molar-refractivity contribution >= 4 is 16.9 Å². The smallest absolute Gasteiger partial charge is 0.231 e. The van der Waals surface area contributed by atoms with Gasteiger partial charge >= 0.3 is 0 Å². The van der Waals surface area contributed by atoms with Crippen molar-refractivity contribution in [2.45, 2.75) is 25.4 Å². The molecule has 3 atom stereocenters. The first-order valence-corrected chi connectivity index (χ1v) is 12.3. The molecule has 4 aromatic rings. The minimum atomic E-state index is 0.328. The Morgan fingerprint density at radius 1 is 0.943 bits per heavy atom. The van der Waals surface area contributed by atoms with Gasteiger partial charge in [0.05, 0.1) is 5.52 Å². The lowest BCUT2D eigenvalue weighted by atomic mass is 10.0. The van der Waals surface area contributed by atoms with Crippen molar-refractivity contribution < 1.29 is 9.47 Å². The molecule has 8 heteroatoms. The van der Waals surface area contributed by atoms with Gasteiger partial charge in [-0.05, 0) is 60.1 Å². The highest BCUT2D eigenvalue weighted by molar-refractivity contribution is 5.83. The molecule has 2 aliphatic heterocycles. The number of anilines is 1. The molecule has 178 valence electrons. The number of benzene rings is 2. The van der Waals surface area contributed by atoms with Crippen LogP contribution < -0.4 is 14.8 Å². The van der Waals surface area contributed by atoms with Gasteiger partial charge in [0.25, 0.3) is 0 Å². The summed E-state index contributed by atoms with van der Waals surface area (Å²) in [7, 11) is 1.94. The highest BCUT2D eigenvalue weighted by Crippen LogP contribution is 2.40. The van der Waals surface area contributed by atoms with Crippen LogP contribution in [0.5, 0.6) is 11.5 Å². The Balaban J connectivity index is 0.953. The largest absolute Gasteiger partial charge is 0.454 e. The molecule has 0 amide bonds. The standard InChI is InChI=1S/C27H28N6O2/c1-32-13-21-7-18(3-4-24(21)31-32)22-10-28-27(29-11-22)30-23-8-19-14-33(15-20(19)9-23)12-17-2-5-25-26(6-17)35-16-34-25/h2-7,10-11,13,19-20,23H,8-9,12,14-16H2,1H3,(H,28,29,30)/t19-,20?,23?/m1/s1. The molecule has 1 aliphatic carbocycles. The van der Waals surface area contributed by atoms with Crippen molar-refractivity contribution in [3.8, 4) is 22.6 Å². The molecular formula is C27H28N6O2. The molecule has 0 spiro atoms. The van der Waals surface area contributed by atoms with Crippen LogP contribution in [0, 0.1) is 11.8 Å². The Bertz CT molecular complexity index is 1370. The summed E-state index contributed by atoms with van der Waals surface area (Å²) in [4.78, 5) is 11.8. The quantitative estimate of drug-likeness (QED) is 0.473. The van der Waals surface area contributed by atoms with Gasteiger partial charge in [-0.2, -0.15) is 5.10 Å². The number of fused-ring (bicyclic) bond motifs is 3. The Hall–Kier alpha value is -3.65. The molecule has 1 saturated heterocycles. The number of aryl methyl sites for hydroxylation is 1. The average Bonchev–Trinajstić information content (AvgIpc) is 3.61. The Morgan fingerprint density at radius 3 is 2.57 bits per heavy atom. The number of ether oxygens (including phenoxy) is 2. The number of aromatic nitrogens is 4. The Labute approximate surface area is 203 Å². The van der Waals surface area contributed by atoms with Crippen molar-refractivity contribution in [3.05, 3.63) is 60.6 Å². The third-order valence-electron chi connectivity index (χ3n) is 7.61. The highest BCUT2D eigenvalue weighted by Gasteiger charge is 2.41. The predicted octanol–water partition coefficient (Wildman–Crippen LogP) is 4.08. The van der Waals surface area contributed by atoms with E-state index in [1.807, 2.05) is 42.5 Å². The third-order valence-corrected chi connectivity index (χ3v) is 7.61. The Morgan fingerprint density at radius 2 is 1.74 bits per heavy atom. The van der Waals surface area contributed by atoms with E-state index < -0.39 is 0 Å². The van der Waals surface area contributed by atoms with Gasteiger partial charge in [0.15, 0.2) is 11.5 Å². The summed E-state index contributed by atoms with van der Waals surface area (Å²) in [5.74, 6) is 3.90. The first-order chi connectivity index (χ1) is 17.2. The molecule has 7 rings (SSSR count). The van der Waals surface area contributed by atoms with Crippen LogP contribution in [0.1, 0.15) is 18.4 Å². The van der Waals surface area contributed by atoms with Crippen molar-refractivity contribution in [1.82, 2.24) is 24.6 Å².